The van der Waals surface area contributed by atoms with Crippen molar-refractivity contribution < 1.29 is 9.53 Å². The van der Waals surface area contributed by atoms with E-state index in [1.54, 1.807) is 10.9 Å². The number of H-pyrrole nitrogens is 1. The van der Waals surface area contributed by atoms with Gasteiger partial charge in [-0.2, -0.15) is 10.4 Å². The molecule has 2 aromatic heterocycles. The second-order valence-corrected chi connectivity index (χ2v) is 9.91. The second kappa shape index (κ2) is 8.54. The predicted octanol–water partition coefficient (Wildman–Crippen LogP) is 3.79. The van der Waals surface area contributed by atoms with Crippen LogP contribution in [0.25, 0.3) is 10.9 Å². The molecule has 1 amide bonds. The number of aromatic amines is 1. The molecule has 1 unspecified atom stereocenters. The van der Waals surface area contributed by atoms with Crippen molar-refractivity contribution in [1.82, 2.24) is 19.7 Å². The molecule has 1 aliphatic carbocycles. The number of benzene rings is 1. The predicted molar refractivity (Wildman–Crippen MR) is 130 cm³/mol. The van der Waals surface area contributed by atoms with Crippen molar-refractivity contribution in [1.29, 1.82) is 5.26 Å². The Labute approximate surface area is 202 Å². The number of nitriles is 1. The molecule has 6 rings (SSSR count). The van der Waals surface area contributed by atoms with Crippen molar-refractivity contribution in [2.24, 2.45) is 0 Å². The number of pyridine rings is 1. The summed E-state index contributed by atoms with van der Waals surface area (Å²) in [5, 5.41) is 18.2. The first-order valence-corrected chi connectivity index (χ1v) is 12.4. The monoisotopic (exact) mass is 472 g/mol. The summed E-state index contributed by atoms with van der Waals surface area (Å²) < 4.78 is 7.56. The van der Waals surface area contributed by atoms with Crippen molar-refractivity contribution in [3.05, 3.63) is 51.9 Å². The van der Waals surface area contributed by atoms with E-state index >= 15 is 0 Å². The molecule has 1 aromatic carbocycles. The van der Waals surface area contributed by atoms with Gasteiger partial charge in [0.1, 0.15) is 5.39 Å². The smallest absolute Gasteiger partial charge is 0.261 e. The highest BCUT2D eigenvalue weighted by Gasteiger charge is 2.38. The van der Waals surface area contributed by atoms with Gasteiger partial charge in [-0.05, 0) is 55.5 Å². The largest absolute Gasteiger partial charge is 0.379 e. The highest BCUT2D eigenvalue weighted by molar-refractivity contribution is 5.99. The number of carbonyl (C=O) groups excluding carboxylic acids is 1. The lowest BCUT2D eigenvalue weighted by Gasteiger charge is -2.35. The molecular formula is C26H28N6O3. The van der Waals surface area contributed by atoms with E-state index in [9.17, 15) is 14.9 Å². The van der Waals surface area contributed by atoms with E-state index in [1.165, 1.54) is 12.8 Å². The summed E-state index contributed by atoms with van der Waals surface area (Å²) in [6.07, 6.45) is 7.94. The number of rotatable bonds is 5. The molecule has 0 radical (unpaired) electrons. The summed E-state index contributed by atoms with van der Waals surface area (Å²) in [6.45, 7) is 1.65. The number of fused-ring (bicyclic) bond motifs is 2. The maximum Gasteiger partial charge on any atom is 0.261 e. The lowest BCUT2D eigenvalue weighted by Crippen LogP contribution is -2.42. The van der Waals surface area contributed by atoms with E-state index < -0.39 is 5.54 Å². The average Bonchev–Trinajstić information content (AvgIpc) is 3.59. The van der Waals surface area contributed by atoms with Gasteiger partial charge in [-0.15, -0.1) is 0 Å². The molecule has 35 heavy (non-hydrogen) atoms. The third-order valence-corrected chi connectivity index (χ3v) is 7.73. The maximum atomic E-state index is 13.0. The summed E-state index contributed by atoms with van der Waals surface area (Å²) in [5.74, 6) is 0.544. The Balaban J connectivity index is 1.37. The molecule has 1 atom stereocenters. The Morgan fingerprint density at radius 2 is 2.09 bits per heavy atom. The summed E-state index contributed by atoms with van der Waals surface area (Å²) in [4.78, 5) is 30.6. The van der Waals surface area contributed by atoms with E-state index in [-0.39, 0.29) is 17.9 Å². The molecule has 2 fully saturated rings. The fraction of sp³-hybridized carbons (Fsp3) is 0.462. The third kappa shape index (κ3) is 3.60. The molecule has 180 valence electrons. The molecule has 3 aliphatic rings. The molecule has 1 saturated carbocycles. The van der Waals surface area contributed by atoms with E-state index in [0.717, 1.165) is 42.5 Å². The van der Waals surface area contributed by atoms with E-state index in [2.05, 4.69) is 16.4 Å². The highest BCUT2D eigenvalue weighted by atomic mass is 16.5. The van der Waals surface area contributed by atoms with Crippen LogP contribution in [0, 0.1) is 11.3 Å². The Kier molecular flexibility index (Phi) is 5.33. The molecule has 9 nitrogen and oxygen atoms in total. The average molecular weight is 473 g/mol. The lowest BCUT2D eigenvalue weighted by atomic mass is 9.89. The van der Waals surface area contributed by atoms with Crippen LogP contribution >= 0.6 is 0 Å². The summed E-state index contributed by atoms with van der Waals surface area (Å²) in [5.41, 5.74) is 2.32. The molecule has 1 saturated heterocycles. The number of nitrogens with zero attached hydrogens (tertiary/aromatic N) is 4. The van der Waals surface area contributed by atoms with Gasteiger partial charge in [0.15, 0.2) is 5.82 Å². The third-order valence-electron chi connectivity index (χ3n) is 7.73. The Bertz CT molecular complexity index is 1390. The Hall–Kier alpha value is -3.64. The van der Waals surface area contributed by atoms with Crippen LogP contribution in [-0.4, -0.2) is 44.8 Å². The topological polar surface area (TPSA) is 116 Å². The fourth-order valence-corrected chi connectivity index (χ4v) is 5.96. The van der Waals surface area contributed by atoms with Crippen molar-refractivity contribution in [2.45, 2.75) is 63.1 Å². The number of aromatic nitrogens is 3. The van der Waals surface area contributed by atoms with Crippen molar-refractivity contribution in [3.8, 4) is 6.07 Å². The summed E-state index contributed by atoms with van der Waals surface area (Å²) >= 11 is 0. The standard InChI is InChI=1S/C26H28N6O3/c27-11-10-26(9-3-13-35-16-26)32-21-8-12-28-24(33)22(21)23(30-32)29-18-6-7-20-17(14-18)15-31(25(20)34)19-4-1-2-5-19/h6-8,12,14,19H,1-5,9-10,13,15-16H2,(H,28,33)(H,29,30). The quantitative estimate of drug-likeness (QED) is 0.584. The van der Waals surface area contributed by atoms with Crippen LogP contribution in [0.2, 0.25) is 0 Å². The maximum absolute atomic E-state index is 13.0. The van der Waals surface area contributed by atoms with Crippen molar-refractivity contribution >= 4 is 28.3 Å². The zero-order valence-corrected chi connectivity index (χ0v) is 19.5. The first-order chi connectivity index (χ1) is 17.1. The summed E-state index contributed by atoms with van der Waals surface area (Å²) in [6, 6.07) is 10.2. The van der Waals surface area contributed by atoms with Gasteiger partial charge in [0.2, 0.25) is 0 Å². The summed E-state index contributed by atoms with van der Waals surface area (Å²) in [7, 11) is 0. The fourth-order valence-electron chi connectivity index (χ4n) is 5.96. The molecule has 0 bridgehead atoms. The molecule has 4 heterocycles. The van der Waals surface area contributed by atoms with Crippen LogP contribution in [0.5, 0.6) is 0 Å². The normalized spacial score (nSPS) is 22.5. The Morgan fingerprint density at radius 1 is 1.23 bits per heavy atom. The lowest BCUT2D eigenvalue weighted by molar-refractivity contribution is -0.00174. The van der Waals surface area contributed by atoms with Crippen LogP contribution in [-0.2, 0) is 16.8 Å². The SMILES string of the molecule is N#CCC1(n2nc(Nc3ccc4c(c3)CN(C3CCCC3)C4=O)c3c(=O)[nH]ccc32)CCCOC1. The molecule has 9 heteroatoms. The van der Waals surface area contributed by atoms with Crippen molar-refractivity contribution in [2.75, 3.05) is 18.5 Å². The molecule has 2 N–H and O–H groups in total. The highest BCUT2D eigenvalue weighted by Crippen LogP contribution is 2.37. The number of nitrogens with one attached hydrogen (secondary N) is 2. The number of ether oxygens (including phenoxy) is 1. The molecular weight excluding hydrogens is 444 g/mol. The Morgan fingerprint density at radius 3 is 2.86 bits per heavy atom. The van der Waals surface area contributed by atoms with Crippen molar-refractivity contribution in [3.63, 3.8) is 0 Å². The van der Waals surface area contributed by atoms with Crippen LogP contribution in [0.3, 0.4) is 0 Å². The first kappa shape index (κ1) is 21.9. The van der Waals surface area contributed by atoms with Gasteiger partial charge < -0.3 is 19.9 Å². The van der Waals surface area contributed by atoms with Gasteiger partial charge in [-0.3, -0.25) is 14.3 Å². The number of amides is 1. The number of anilines is 2. The minimum Gasteiger partial charge on any atom is -0.379 e. The van der Waals surface area contributed by atoms with Crippen LogP contribution in [0.1, 0.15) is 60.9 Å². The zero-order valence-electron chi connectivity index (χ0n) is 19.5. The van der Waals surface area contributed by atoms with E-state index in [4.69, 9.17) is 9.84 Å². The van der Waals surface area contributed by atoms with Gasteiger partial charge in [-0.1, -0.05) is 12.8 Å². The van der Waals surface area contributed by atoms with Crippen LogP contribution < -0.4 is 10.9 Å². The van der Waals surface area contributed by atoms with Gasteiger partial charge >= 0.3 is 0 Å². The molecule has 3 aromatic rings. The molecule has 2 aliphatic heterocycles. The van der Waals surface area contributed by atoms with Gasteiger partial charge in [-0.25, -0.2) is 0 Å². The number of hydrogen-bond donors (Lipinski definition) is 2. The van der Waals surface area contributed by atoms with Gasteiger partial charge in [0.05, 0.1) is 30.2 Å². The number of hydrogen-bond acceptors (Lipinski definition) is 6. The van der Waals surface area contributed by atoms with Crippen LogP contribution in [0.15, 0.2) is 35.3 Å². The second-order valence-electron chi connectivity index (χ2n) is 9.91. The van der Waals surface area contributed by atoms with Gasteiger partial charge in [0, 0.05) is 36.6 Å². The number of carbonyl (C=O) groups is 1. The minimum atomic E-state index is -0.620. The van der Waals surface area contributed by atoms with Gasteiger partial charge in [0.25, 0.3) is 11.5 Å². The van der Waals surface area contributed by atoms with E-state index in [1.807, 2.05) is 29.2 Å². The molecule has 0 spiro atoms. The van der Waals surface area contributed by atoms with Crippen LogP contribution in [0.4, 0.5) is 11.5 Å². The minimum absolute atomic E-state index is 0.111. The first-order valence-electron chi connectivity index (χ1n) is 12.4. The zero-order chi connectivity index (χ0) is 24.0. The van der Waals surface area contributed by atoms with E-state index in [0.29, 0.717) is 42.5 Å².